The minimum atomic E-state index is -0.477. The van der Waals surface area contributed by atoms with Crippen LogP contribution in [-0.4, -0.2) is 0 Å². The zero-order chi connectivity index (χ0) is 12.7. The van der Waals surface area contributed by atoms with Gasteiger partial charge in [0.15, 0.2) is 0 Å². The van der Waals surface area contributed by atoms with E-state index in [0.29, 0.717) is 6.42 Å². The van der Waals surface area contributed by atoms with Gasteiger partial charge in [-0.25, -0.2) is 13.2 Å². The standard InChI is InChI=1S/C14H10F3N/c15-9-2-4-13-8(5-9)6-14(18-13)11-7-10(16)1-3-12(11)17/h1-5,7,14,18H,6H2. The molecule has 0 spiro atoms. The Morgan fingerprint density at radius 3 is 2.50 bits per heavy atom. The average molecular weight is 249 g/mol. The molecule has 1 unspecified atom stereocenters. The lowest BCUT2D eigenvalue weighted by molar-refractivity contribution is 0.573. The predicted molar refractivity (Wildman–Crippen MR) is 62.8 cm³/mol. The van der Waals surface area contributed by atoms with Gasteiger partial charge in [-0.2, -0.15) is 0 Å². The number of rotatable bonds is 1. The van der Waals surface area contributed by atoms with Gasteiger partial charge in [-0.15, -0.1) is 0 Å². The Morgan fingerprint density at radius 1 is 0.944 bits per heavy atom. The van der Waals surface area contributed by atoms with Gasteiger partial charge in [-0.05, 0) is 48.4 Å². The van der Waals surface area contributed by atoms with Gasteiger partial charge in [-0.3, -0.25) is 0 Å². The van der Waals surface area contributed by atoms with Crippen LogP contribution in [0.3, 0.4) is 0 Å². The SMILES string of the molecule is Fc1ccc2c(c1)CC(c1cc(F)ccc1F)N2. The quantitative estimate of drug-likeness (QED) is 0.810. The summed E-state index contributed by atoms with van der Waals surface area (Å²) in [5.74, 6) is -1.26. The predicted octanol–water partition coefficient (Wildman–Crippen LogP) is 3.81. The van der Waals surface area contributed by atoms with Crippen molar-refractivity contribution in [3.05, 3.63) is 65.0 Å². The molecule has 1 atom stereocenters. The molecule has 2 aromatic carbocycles. The van der Waals surface area contributed by atoms with Crippen LogP contribution in [0.1, 0.15) is 17.2 Å². The van der Waals surface area contributed by atoms with Crippen molar-refractivity contribution in [3.8, 4) is 0 Å². The highest BCUT2D eigenvalue weighted by Gasteiger charge is 2.24. The van der Waals surface area contributed by atoms with Gasteiger partial charge in [0.1, 0.15) is 17.5 Å². The van der Waals surface area contributed by atoms with Gasteiger partial charge in [-0.1, -0.05) is 0 Å². The minimum absolute atomic E-state index is 0.270. The molecule has 0 radical (unpaired) electrons. The molecule has 0 fully saturated rings. The maximum atomic E-state index is 13.6. The maximum absolute atomic E-state index is 13.6. The van der Waals surface area contributed by atoms with Crippen molar-refractivity contribution < 1.29 is 13.2 Å². The second kappa shape index (κ2) is 4.05. The number of anilines is 1. The molecule has 0 aliphatic carbocycles. The lowest BCUT2D eigenvalue weighted by Crippen LogP contribution is -2.08. The second-order valence-electron chi connectivity index (χ2n) is 4.37. The molecule has 0 aromatic heterocycles. The number of hydrogen-bond donors (Lipinski definition) is 1. The fraction of sp³-hybridized carbons (Fsp3) is 0.143. The summed E-state index contributed by atoms with van der Waals surface area (Å²) in [7, 11) is 0. The second-order valence-corrected chi connectivity index (χ2v) is 4.37. The van der Waals surface area contributed by atoms with Crippen LogP contribution in [-0.2, 0) is 6.42 Å². The first-order chi connectivity index (χ1) is 8.63. The Kier molecular flexibility index (Phi) is 2.51. The van der Waals surface area contributed by atoms with Crippen molar-refractivity contribution in [2.24, 2.45) is 0 Å². The molecule has 0 amide bonds. The molecule has 18 heavy (non-hydrogen) atoms. The fourth-order valence-electron chi connectivity index (χ4n) is 2.30. The molecule has 3 rings (SSSR count). The zero-order valence-electron chi connectivity index (χ0n) is 9.38. The van der Waals surface area contributed by atoms with Gasteiger partial charge in [0.2, 0.25) is 0 Å². The van der Waals surface area contributed by atoms with Crippen LogP contribution < -0.4 is 5.32 Å². The van der Waals surface area contributed by atoms with Crippen LogP contribution in [0.5, 0.6) is 0 Å². The molecule has 0 saturated carbocycles. The van der Waals surface area contributed by atoms with Crippen molar-refractivity contribution in [3.63, 3.8) is 0 Å². The Bertz CT molecular complexity index is 610. The maximum Gasteiger partial charge on any atom is 0.128 e. The fourth-order valence-corrected chi connectivity index (χ4v) is 2.30. The topological polar surface area (TPSA) is 12.0 Å². The molecule has 1 nitrogen and oxygen atoms in total. The molecule has 1 heterocycles. The molecule has 1 aliphatic heterocycles. The molecule has 1 N–H and O–H groups in total. The first kappa shape index (κ1) is 11.1. The lowest BCUT2D eigenvalue weighted by Gasteiger charge is -2.12. The molecule has 92 valence electrons. The van der Waals surface area contributed by atoms with E-state index in [1.54, 1.807) is 6.07 Å². The van der Waals surface area contributed by atoms with E-state index < -0.39 is 11.6 Å². The summed E-state index contributed by atoms with van der Waals surface area (Å²) in [6.45, 7) is 0. The highest BCUT2D eigenvalue weighted by Crippen LogP contribution is 2.35. The zero-order valence-corrected chi connectivity index (χ0v) is 9.38. The highest BCUT2D eigenvalue weighted by atomic mass is 19.1. The van der Waals surface area contributed by atoms with Crippen LogP contribution in [0.4, 0.5) is 18.9 Å². The molecule has 2 aromatic rings. The largest absolute Gasteiger partial charge is 0.378 e. The van der Waals surface area contributed by atoms with E-state index >= 15 is 0 Å². The summed E-state index contributed by atoms with van der Waals surface area (Å²) in [5.41, 5.74) is 1.82. The normalized spacial score (nSPS) is 17.4. The van der Waals surface area contributed by atoms with Crippen molar-refractivity contribution in [2.45, 2.75) is 12.5 Å². The van der Waals surface area contributed by atoms with Gasteiger partial charge in [0.25, 0.3) is 0 Å². The Balaban J connectivity index is 1.96. The van der Waals surface area contributed by atoms with Crippen molar-refractivity contribution in [1.29, 1.82) is 0 Å². The number of nitrogens with one attached hydrogen (secondary N) is 1. The van der Waals surface area contributed by atoms with E-state index in [4.69, 9.17) is 0 Å². The van der Waals surface area contributed by atoms with E-state index in [1.807, 2.05) is 0 Å². The average Bonchev–Trinajstić information content (AvgIpc) is 2.74. The lowest BCUT2D eigenvalue weighted by atomic mass is 10.0. The van der Waals surface area contributed by atoms with E-state index in [-0.39, 0.29) is 17.4 Å². The van der Waals surface area contributed by atoms with Gasteiger partial charge >= 0.3 is 0 Å². The summed E-state index contributed by atoms with van der Waals surface area (Å²) in [5, 5.41) is 3.07. The van der Waals surface area contributed by atoms with Gasteiger partial charge < -0.3 is 5.32 Å². The monoisotopic (exact) mass is 249 g/mol. The number of benzene rings is 2. The van der Waals surface area contributed by atoms with Crippen LogP contribution in [0.25, 0.3) is 0 Å². The summed E-state index contributed by atoms with van der Waals surface area (Å²) in [6, 6.07) is 7.39. The highest BCUT2D eigenvalue weighted by molar-refractivity contribution is 5.58. The summed E-state index contributed by atoms with van der Waals surface area (Å²) in [6.07, 6.45) is 0.452. The third-order valence-electron chi connectivity index (χ3n) is 3.15. The van der Waals surface area contributed by atoms with Crippen molar-refractivity contribution in [1.82, 2.24) is 0 Å². The van der Waals surface area contributed by atoms with Gasteiger partial charge in [0, 0.05) is 11.3 Å². The first-order valence-electron chi connectivity index (χ1n) is 5.63. The van der Waals surface area contributed by atoms with Crippen LogP contribution in [0, 0.1) is 17.5 Å². The van der Waals surface area contributed by atoms with E-state index in [9.17, 15) is 13.2 Å². The van der Waals surface area contributed by atoms with Crippen molar-refractivity contribution in [2.75, 3.05) is 5.32 Å². The smallest absolute Gasteiger partial charge is 0.128 e. The van der Waals surface area contributed by atoms with Crippen LogP contribution in [0.15, 0.2) is 36.4 Å². The Hall–Kier alpha value is -1.97. The third kappa shape index (κ3) is 1.83. The number of hydrogen-bond acceptors (Lipinski definition) is 1. The third-order valence-corrected chi connectivity index (χ3v) is 3.15. The van der Waals surface area contributed by atoms with E-state index in [0.717, 1.165) is 23.4 Å². The molecular weight excluding hydrogens is 239 g/mol. The van der Waals surface area contributed by atoms with Crippen molar-refractivity contribution >= 4 is 5.69 Å². The van der Waals surface area contributed by atoms with E-state index in [2.05, 4.69) is 5.32 Å². The summed E-state index contributed by atoms with van der Waals surface area (Å²) >= 11 is 0. The first-order valence-corrected chi connectivity index (χ1v) is 5.63. The van der Waals surface area contributed by atoms with Crippen LogP contribution in [0.2, 0.25) is 0 Å². The number of halogens is 3. The molecule has 0 saturated heterocycles. The Morgan fingerprint density at radius 2 is 1.67 bits per heavy atom. The van der Waals surface area contributed by atoms with Gasteiger partial charge in [0.05, 0.1) is 6.04 Å². The summed E-state index contributed by atoms with van der Waals surface area (Å²) in [4.78, 5) is 0. The number of fused-ring (bicyclic) bond motifs is 1. The van der Waals surface area contributed by atoms with E-state index in [1.165, 1.54) is 18.2 Å². The molecule has 0 bridgehead atoms. The summed E-state index contributed by atoms with van der Waals surface area (Å²) < 4.78 is 39.9. The van der Waals surface area contributed by atoms with Crippen LogP contribution >= 0.6 is 0 Å². The molecule has 1 aliphatic rings. The minimum Gasteiger partial charge on any atom is -0.378 e. The molecular formula is C14H10F3N. The Labute approximate surface area is 102 Å². The molecule has 4 heteroatoms.